The molecule has 0 aliphatic carbocycles. The number of hydrogen-bond donors (Lipinski definition) is 1. The minimum Gasteiger partial charge on any atom is -0.353 e. The van der Waals surface area contributed by atoms with Crippen LogP contribution in [0.5, 0.6) is 0 Å². The lowest BCUT2D eigenvalue weighted by atomic mass is 10.2. The first-order valence-corrected chi connectivity index (χ1v) is 8.31. The number of carbonyl (C=O) groups is 1. The van der Waals surface area contributed by atoms with Gasteiger partial charge in [0.15, 0.2) is 0 Å². The van der Waals surface area contributed by atoms with Gasteiger partial charge in [0.25, 0.3) is 0 Å². The Kier molecular flexibility index (Phi) is 6.21. The van der Waals surface area contributed by atoms with Crippen molar-refractivity contribution in [3.8, 4) is 0 Å². The molecular formula is C16H24BrN3O. The van der Waals surface area contributed by atoms with Crippen LogP contribution in [0.2, 0.25) is 0 Å². The van der Waals surface area contributed by atoms with E-state index in [1.165, 1.54) is 5.56 Å². The zero-order valence-corrected chi connectivity index (χ0v) is 14.4. The van der Waals surface area contributed by atoms with E-state index in [0.717, 1.165) is 37.2 Å². The van der Waals surface area contributed by atoms with Gasteiger partial charge >= 0.3 is 0 Å². The Morgan fingerprint density at radius 2 is 1.90 bits per heavy atom. The summed E-state index contributed by atoms with van der Waals surface area (Å²) in [5, 5.41) is 2.95. The van der Waals surface area contributed by atoms with Crippen molar-refractivity contribution in [1.29, 1.82) is 0 Å². The molecule has 1 N–H and O–H groups in total. The molecule has 0 radical (unpaired) electrons. The van der Waals surface area contributed by atoms with E-state index in [2.05, 4.69) is 55.3 Å². The molecule has 0 saturated carbocycles. The largest absolute Gasteiger partial charge is 0.353 e. The second-order valence-electron chi connectivity index (χ2n) is 5.90. The van der Waals surface area contributed by atoms with Crippen LogP contribution in [0, 0.1) is 0 Å². The standard InChI is InChI=1S/C16H24BrN3O/c1-13(2)18-16(21)12-20-8-6-19(7-9-20)11-14-4-3-5-15(17)10-14/h3-5,10,13H,6-9,11-12H2,1-2H3,(H,18,21). The van der Waals surface area contributed by atoms with Crippen LogP contribution < -0.4 is 5.32 Å². The van der Waals surface area contributed by atoms with Gasteiger partial charge in [0.1, 0.15) is 0 Å². The maximum Gasteiger partial charge on any atom is 0.234 e. The first kappa shape index (κ1) is 16.5. The molecule has 0 spiro atoms. The average molecular weight is 354 g/mol. The number of rotatable bonds is 5. The van der Waals surface area contributed by atoms with Gasteiger partial charge in [0.2, 0.25) is 5.91 Å². The number of piperazine rings is 1. The van der Waals surface area contributed by atoms with Gasteiger partial charge in [-0.05, 0) is 31.5 Å². The molecule has 1 fully saturated rings. The van der Waals surface area contributed by atoms with E-state index in [1.54, 1.807) is 0 Å². The number of carbonyl (C=O) groups excluding carboxylic acids is 1. The van der Waals surface area contributed by atoms with E-state index >= 15 is 0 Å². The maximum atomic E-state index is 11.8. The third kappa shape index (κ3) is 5.77. The van der Waals surface area contributed by atoms with Gasteiger partial charge in [-0.25, -0.2) is 0 Å². The average Bonchev–Trinajstić information content (AvgIpc) is 2.40. The van der Waals surface area contributed by atoms with Gasteiger partial charge in [-0.3, -0.25) is 14.6 Å². The fraction of sp³-hybridized carbons (Fsp3) is 0.562. The molecule has 0 aromatic heterocycles. The van der Waals surface area contributed by atoms with Crippen LogP contribution in [0.15, 0.2) is 28.7 Å². The topological polar surface area (TPSA) is 35.6 Å². The van der Waals surface area contributed by atoms with Crippen molar-refractivity contribution >= 4 is 21.8 Å². The van der Waals surface area contributed by atoms with Crippen molar-refractivity contribution in [3.63, 3.8) is 0 Å². The molecule has 1 saturated heterocycles. The molecule has 1 amide bonds. The first-order chi connectivity index (χ1) is 10.0. The van der Waals surface area contributed by atoms with Crippen LogP contribution in [-0.2, 0) is 11.3 Å². The Labute approximate surface area is 135 Å². The summed E-state index contributed by atoms with van der Waals surface area (Å²) in [7, 11) is 0. The van der Waals surface area contributed by atoms with Gasteiger partial charge in [0, 0.05) is 43.2 Å². The van der Waals surface area contributed by atoms with Crippen molar-refractivity contribution in [1.82, 2.24) is 15.1 Å². The fourth-order valence-corrected chi connectivity index (χ4v) is 3.02. The van der Waals surface area contributed by atoms with Crippen molar-refractivity contribution < 1.29 is 4.79 Å². The lowest BCUT2D eigenvalue weighted by Gasteiger charge is -2.34. The summed E-state index contributed by atoms with van der Waals surface area (Å²) in [6.45, 7) is 9.43. The summed E-state index contributed by atoms with van der Waals surface area (Å²) >= 11 is 3.51. The molecule has 1 aliphatic heterocycles. The summed E-state index contributed by atoms with van der Waals surface area (Å²) in [5.74, 6) is 0.130. The minimum atomic E-state index is 0.130. The Morgan fingerprint density at radius 3 is 2.52 bits per heavy atom. The highest BCUT2D eigenvalue weighted by Crippen LogP contribution is 2.14. The van der Waals surface area contributed by atoms with Crippen LogP contribution in [0.25, 0.3) is 0 Å². The number of amides is 1. The highest BCUT2D eigenvalue weighted by molar-refractivity contribution is 9.10. The van der Waals surface area contributed by atoms with Crippen LogP contribution in [0.1, 0.15) is 19.4 Å². The Balaban J connectivity index is 1.74. The van der Waals surface area contributed by atoms with E-state index in [1.807, 2.05) is 13.8 Å². The number of nitrogens with one attached hydrogen (secondary N) is 1. The highest BCUT2D eigenvalue weighted by atomic mass is 79.9. The van der Waals surface area contributed by atoms with Gasteiger partial charge < -0.3 is 5.32 Å². The van der Waals surface area contributed by atoms with E-state index in [4.69, 9.17) is 0 Å². The second-order valence-corrected chi connectivity index (χ2v) is 6.82. The Hall–Kier alpha value is -0.910. The number of benzene rings is 1. The third-order valence-electron chi connectivity index (χ3n) is 3.58. The minimum absolute atomic E-state index is 0.130. The van der Waals surface area contributed by atoms with Crippen LogP contribution in [-0.4, -0.2) is 54.5 Å². The van der Waals surface area contributed by atoms with E-state index < -0.39 is 0 Å². The summed E-state index contributed by atoms with van der Waals surface area (Å²) in [5.41, 5.74) is 1.33. The molecule has 0 atom stereocenters. The van der Waals surface area contributed by atoms with Crippen molar-refractivity contribution in [3.05, 3.63) is 34.3 Å². The van der Waals surface area contributed by atoms with E-state index in [9.17, 15) is 4.79 Å². The van der Waals surface area contributed by atoms with Crippen LogP contribution in [0.3, 0.4) is 0 Å². The maximum absolute atomic E-state index is 11.8. The summed E-state index contributed by atoms with van der Waals surface area (Å²) in [4.78, 5) is 16.4. The lowest BCUT2D eigenvalue weighted by Crippen LogP contribution is -2.49. The predicted octanol–water partition coefficient (Wildman–Crippen LogP) is 2.09. The van der Waals surface area contributed by atoms with Gasteiger partial charge in [-0.15, -0.1) is 0 Å². The van der Waals surface area contributed by atoms with Crippen molar-refractivity contribution in [2.24, 2.45) is 0 Å². The first-order valence-electron chi connectivity index (χ1n) is 7.51. The van der Waals surface area contributed by atoms with Gasteiger partial charge in [0.05, 0.1) is 6.54 Å². The molecule has 1 aromatic carbocycles. The van der Waals surface area contributed by atoms with E-state index in [0.29, 0.717) is 6.54 Å². The van der Waals surface area contributed by atoms with Crippen molar-refractivity contribution in [2.45, 2.75) is 26.4 Å². The van der Waals surface area contributed by atoms with Crippen molar-refractivity contribution in [2.75, 3.05) is 32.7 Å². The molecule has 1 aliphatic rings. The zero-order chi connectivity index (χ0) is 15.2. The Morgan fingerprint density at radius 1 is 1.24 bits per heavy atom. The third-order valence-corrected chi connectivity index (χ3v) is 4.07. The molecule has 4 nitrogen and oxygen atoms in total. The van der Waals surface area contributed by atoms with Crippen LogP contribution >= 0.6 is 15.9 Å². The smallest absolute Gasteiger partial charge is 0.234 e. The Bertz CT molecular complexity index is 470. The molecule has 0 unspecified atom stereocenters. The molecular weight excluding hydrogens is 330 g/mol. The summed E-state index contributed by atoms with van der Waals surface area (Å²) in [6, 6.07) is 8.67. The number of halogens is 1. The lowest BCUT2D eigenvalue weighted by molar-refractivity contribution is -0.123. The second kappa shape index (κ2) is 7.92. The van der Waals surface area contributed by atoms with Gasteiger partial charge in [-0.1, -0.05) is 28.1 Å². The zero-order valence-electron chi connectivity index (χ0n) is 12.8. The van der Waals surface area contributed by atoms with E-state index in [-0.39, 0.29) is 11.9 Å². The molecule has 1 heterocycles. The van der Waals surface area contributed by atoms with Gasteiger partial charge in [-0.2, -0.15) is 0 Å². The monoisotopic (exact) mass is 353 g/mol. The normalized spacial score (nSPS) is 17.1. The molecule has 116 valence electrons. The molecule has 0 bridgehead atoms. The quantitative estimate of drug-likeness (QED) is 0.880. The number of hydrogen-bond acceptors (Lipinski definition) is 3. The molecule has 5 heteroatoms. The summed E-state index contributed by atoms with van der Waals surface area (Å²) < 4.78 is 1.13. The SMILES string of the molecule is CC(C)NC(=O)CN1CCN(Cc2cccc(Br)c2)CC1. The molecule has 1 aromatic rings. The fourth-order valence-electron chi connectivity index (χ4n) is 2.57. The molecule has 2 rings (SSSR count). The number of nitrogens with zero attached hydrogens (tertiary/aromatic N) is 2. The highest BCUT2D eigenvalue weighted by Gasteiger charge is 2.19. The summed E-state index contributed by atoms with van der Waals surface area (Å²) in [6.07, 6.45) is 0. The molecule has 21 heavy (non-hydrogen) atoms. The predicted molar refractivity (Wildman–Crippen MR) is 89.1 cm³/mol. The van der Waals surface area contributed by atoms with Crippen LogP contribution in [0.4, 0.5) is 0 Å².